The van der Waals surface area contributed by atoms with E-state index in [1.165, 1.54) is 13.2 Å². The Balaban J connectivity index is 3.16. The molecule has 0 aliphatic rings. The lowest BCUT2D eigenvalue weighted by atomic mass is 10.3. The molecule has 0 amide bonds. The van der Waals surface area contributed by atoms with Crippen molar-refractivity contribution in [1.29, 1.82) is 0 Å². The van der Waals surface area contributed by atoms with E-state index in [0.717, 1.165) is 0 Å². The van der Waals surface area contributed by atoms with Crippen molar-refractivity contribution in [2.75, 3.05) is 7.11 Å². The van der Waals surface area contributed by atoms with Crippen molar-refractivity contribution in [2.45, 2.75) is 20.0 Å². The van der Waals surface area contributed by atoms with E-state index in [9.17, 15) is 4.39 Å². The van der Waals surface area contributed by atoms with Crippen LogP contribution < -0.4 is 9.47 Å². The van der Waals surface area contributed by atoms with Crippen LogP contribution in [-0.2, 0) is 0 Å². The highest BCUT2D eigenvalue weighted by Crippen LogP contribution is 2.37. The molecular formula is C10H12BrFO2. The number of hydrogen-bond acceptors (Lipinski definition) is 2. The lowest BCUT2D eigenvalue weighted by Gasteiger charge is -2.15. The van der Waals surface area contributed by atoms with Gasteiger partial charge in [0.05, 0.1) is 17.7 Å². The van der Waals surface area contributed by atoms with Crippen LogP contribution in [0.25, 0.3) is 0 Å². The zero-order valence-corrected chi connectivity index (χ0v) is 9.89. The van der Waals surface area contributed by atoms with E-state index in [-0.39, 0.29) is 11.9 Å². The van der Waals surface area contributed by atoms with Gasteiger partial charge in [0.2, 0.25) is 0 Å². The average molecular weight is 263 g/mol. The van der Waals surface area contributed by atoms with Gasteiger partial charge in [0.15, 0.2) is 17.3 Å². The van der Waals surface area contributed by atoms with Gasteiger partial charge in [-0.15, -0.1) is 0 Å². The number of rotatable bonds is 3. The van der Waals surface area contributed by atoms with Crippen LogP contribution in [0.5, 0.6) is 11.5 Å². The topological polar surface area (TPSA) is 18.5 Å². The molecule has 0 saturated heterocycles. The minimum atomic E-state index is -0.418. The van der Waals surface area contributed by atoms with Crippen molar-refractivity contribution in [2.24, 2.45) is 0 Å². The van der Waals surface area contributed by atoms with Crippen LogP contribution in [0.3, 0.4) is 0 Å². The minimum absolute atomic E-state index is 0.0901. The Hall–Kier alpha value is -0.770. The van der Waals surface area contributed by atoms with E-state index >= 15 is 0 Å². The van der Waals surface area contributed by atoms with Gasteiger partial charge in [-0.1, -0.05) is 0 Å². The first kappa shape index (κ1) is 11.3. The van der Waals surface area contributed by atoms with Gasteiger partial charge in [0.1, 0.15) is 0 Å². The quantitative estimate of drug-likeness (QED) is 0.832. The molecule has 1 aromatic rings. The smallest absolute Gasteiger partial charge is 0.198 e. The molecule has 78 valence electrons. The summed E-state index contributed by atoms with van der Waals surface area (Å²) in [6.45, 7) is 3.67. The Morgan fingerprint density at radius 1 is 1.29 bits per heavy atom. The van der Waals surface area contributed by atoms with E-state index in [1.54, 1.807) is 6.07 Å². The molecule has 0 atom stereocenters. The third-order valence-electron chi connectivity index (χ3n) is 1.57. The Labute approximate surface area is 91.2 Å². The molecule has 0 saturated carbocycles. The van der Waals surface area contributed by atoms with Gasteiger partial charge < -0.3 is 9.47 Å². The molecule has 1 rings (SSSR count). The largest absolute Gasteiger partial charge is 0.492 e. The molecule has 0 heterocycles. The van der Waals surface area contributed by atoms with E-state index < -0.39 is 5.82 Å². The molecule has 0 aromatic heterocycles. The van der Waals surface area contributed by atoms with Gasteiger partial charge in [0, 0.05) is 0 Å². The second kappa shape index (κ2) is 4.64. The minimum Gasteiger partial charge on any atom is -0.492 e. The lowest BCUT2D eigenvalue weighted by Crippen LogP contribution is -2.08. The van der Waals surface area contributed by atoms with Crippen LogP contribution in [0.4, 0.5) is 4.39 Å². The highest BCUT2D eigenvalue weighted by Gasteiger charge is 2.15. The zero-order valence-electron chi connectivity index (χ0n) is 8.30. The summed E-state index contributed by atoms with van der Waals surface area (Å²) in [6.07, 6.45) is -0.0901. The molecule has 0 fully saturated rings. The fraction of sp³-hybridized carbons (Fsp3) is 0.400. The number of ether oxygens (including phenoxy) is 2. The summed E-state index contributed by atoms with van der Waals surface area (Å²) in [4.78, 5) is 0. The molecule has 0 aliphatic carbocycles. The number of hydrogen-bond donors (Lipinski definition) is 0. The maximum Gasteiger partial charge on any atom is 0.198 e. The van der Waals surface area contributed by atoms with Crippen molar-refractivity contribution in [3.63, 3.8) is 0 Å². The Morgan fingerprint density at radius 3 is 2.43 bits per heavy atom. The fourth-order valence-corrected chi connectivity index (χ4v) is 1.52. The van der Waals surface area contributed by atoms with E-state index in [4.69, 9.17) is 9.47 Å². The van der Waals surface area contributed by atoms with Crippen LogP contribution >= 0.6 is 15.9 Å². The standard InChI is InChI=1S/C10H12BrFO2/c1-6(2)14-10-8(12)5-4-7(11)9(10)13-3/h4-6H,1-3H3. The maximum atomic E-state index is 13.4. The molecule has 0 radical (unpaired) electrons. The van der Waals surface area contributed by atoms with Crippen molar-refractivity contribution in [3.8, 4) is 11.5 Å². The maximum absolute atomic E-state index is 13.4. The molecule has 0 spiro atoms. The molecule has 2 nitrogen and oxygen atoms in total. The molecule has 0 N–H and O–H groups in total. The fourth-order valence-electron chi connectivity index (χ4n) is 1.05. The van der Waals surface area contributed by atoms with E-state index in [0.29, 0.717) is 10.2 Å². The normalized spacial score (nSPS) is 10.4. The first-order valence-electron chi connectivity index (χ1n) is 4.25. The summed E-state index contributed by atoms with van der Waals surface area (Å²) in [6, 6.07) is 2.92. The highest BCUT2D eigenvalue weighted by molar-refractivity contribution is 9.10. The Bertz CT molecular complexity index is 326. The Kier molecular flexibility index (Phi) is 3.75. The van der Waals surface area contributed by atoms with E-state index in [1.807, 2.05) is 13.8 Å². The Morgan fingerprint density at radius 2 is 1.93 bits per heavy atom. The highest BCUT2D eigenvalue weighted by atomic mass is 79.9. The van der Waals surface area contributed by atoms with Crippen molar-refractivity contribution in [1.82, 2.24) is 0 Å². The molecule has 0 bridgehead atoms. The third kappa shape index (κ3) is 2.38. The van der Waals surface area contributed by atoms with Gasteiger partial charge in [0.25, 0.3) is 0 Å². The number of benzene rings is 1. The first-order valence-corrected chi connectivity index (χ1v) is 5.04. The molecule has 4 heteroatoms. The zero-order chi connectivity index (χ0) is 10.7. The SMILES string of the molecule is COc1c(Br)ccc(F)c1OC(C)C. The molecule has 1 aromatic carbocycles. The summed E-state index contributed by atoms with van der Waals surface area (Å²) in [5.74, 6) is 0.120. The average Bonchev–Trinajstić information content (AvgIpc) is 2.11. The van der Waals surface area contributed by atoms with Crippen molar-refractivity contribution >= 4 is 15.9 Å². The number of methoxy groups -OCH3 is 1. The summed E-state index contributed by atoms with van der Waals surface area (Å²) >= 11 is 3.26. The third-order valence-corrected chi connectivity index (χ3v) is 2.20. The molecule has 0 unspecified atom stereocenters. The van der Waals surface area contributed by atoms with Crippen LogP contribution in [0, 0.1) is 5.82 Å². The lowest BCUT2D eigenvalue weighted by molar-refractivity contribution is 0.218. The number of halogens is 2. The predicted molar refractivity (Wildman–Crippen MR) is 56.4 cm³/mol. The monoisotopic (exact) mass is 262 g/mol. The van der Waals surface area contributed by atoms with Crippen molar-refractivity contribution < 1.29 is 13.9 Å². The second-order valence-electron chi connectivity index (χ2n) is 3.06. The van der Waals surface area contributed by atoms with E-state index in [2.05, 4.69) is 15.9 Å². The first-order chi connectivity index (χ1) is 6.56. The van der Waals surface area contributed by atoms with Crippen molar-refractivity contribution in [3.05, 3.63) is 22.4 Å². The summed E-state index contributed by atoms with van der Waals surface area (Å²) in [5, 5.41) is 0. The van der Waals surface area contributed by atoms with Crippen LogP contribution in [0.1, 0.15) is 13.8 Å². The molecule has 0 aliphatic heterocycles. The van der Waals surface area contributed by atoms with Gasteiger partial charge in [-0.2, -0.15) is 0 Å². The van der Waals surface area contributed by atoms with Gasteiger partial charge in [-0.05, 0) is 41.9 Å². The summed E-state index contributed by atoms with van der Waals surface area (Å²) in [5.41, 5.74) is 0. The molecular weight excluding hydrogens is 251 g/mol. The van der Waals surface area contributed by atoms with Crippen LogP contribution in [-0.4, -0.2) is 13.2 Å². The van der Waals surface area contributed by atoms with Crippen LogP contribution in [0.2, 0.25) is 0 Å². The van der Waals surface area contributed by atoms with Gasteiger partial charge >= 0.3 is 0 Å². The second-order valence-corrected chi connectivity index (χ2v) is 3.91. The van der Waals surface area contributed by atoms with Gasteiger partial charge in [-0.3, -0.25) is 0 Å². The summed E-state index contributed by atoms with van der Waals surface area (Å²) in [7, 11) is 1.48. The predicted octanol–water partition coefficient (Wildman–Crippen LogP) is 3.38. The van der Waals surface area contributed by atoms with Crippen LogP contribution in [0.15, 0.2) is 16.6 Å². The van der Waals surface area contributed by atoms with Gasteiger partial charge in [-0.25, -0.2) is 4.39 Å². The summed E-state index contributed by atoms with van der Waals surface area (Å²) < 4.78 is 24.4. The molecule has 14 heavy (non-hydrogen) atoms.